The van der Waals surface area contributed by atoms with Gasteiger partial charge in [-0.3, -0.25) is 9.78 Å². The van der Waals surface area contributed by atoms with Crippen molar-refractivity contribution in [2.45, 2.75) is 114 Å². The third kappa shape index (κ3) is 8.32. The van der Waals surface area contributed by atoms with Gasteiger partial charge in [-0.25, -0.2) is 0 Å². The Balaban J connectivity index is 0.000000301. The second-order valence-corrected chi connectivity index (χ2v) is 20.5. The van der Waals surface area contributed by atoms with Crippen molar-refractivity contribution in [3.63, 3.8) is 0 Å². The van der Waals surface area contributed by atoms with E-state index in [0.717, 1.165) is 72.1 Å². The number of ether oxygens (including phenoxy) is 1. The van der Waals surface area contributed by atoms with E-state index in [4.69, 9.17) is 9.72 Å². The van der Waals surface area contributed by atoms with Crippen molar-refractivity contribution < 1.29 is 34.7 Å². The normalized spacial score (nSPS) is 13.0. The van der Waals surface area contributed by atoms with E-state index in [2.05, 4.69) is 88.9 Å². The number of fused-ring (bicyclic) bond motifs is 3. The molecular formula is C42H56IrNO3Si-. The van der Waals surface area contributed by atoms with Crippen LogP contribution in [0.3, 0.4) is 0 Å². The second-order valence-electron chi connectivity index (χ2n) is 15.5. The number of ketones is 1. The summed E-state index contributed by atoms with van der Waals surface area (Å²) in [5.74, 6) is 2.36. The van der Waals surface area contributed by atoms with Crippen molar-refractivity contribution >= 4 is 40.6 Å². The summed E-state index contributed by atoms with van der Waals surface area (Å²) in [6, 6.07) is 18.9. The Morgan fingerprint density at radius 1 is 0.979 bits per heavy atom. The number of nitrogens with zero attached hydrogens (tertiary/aromatic N) is 1. The van der Waals surface area contributed by atoms with E-state index in [-0.39, 0.29) is 48.4 Å². The Morgan fingerprint density at radius 2 is 1.60 bits per heavy atom. The van der Waals surface area contributed by atoms with Crippen LogP contribution in [0.1, 0.15) is 93.1 Å². The van der Waals surface area contributed by atoms with E-state index in [1.54, 1.807) is 0 Å². The number of hydrogen-bond acceptors (Lipinski definition) is 4. The van der Waals surface area contributed by atoms with Gasteiger partial charge in [-0.2, -0.15) is 0 Å². The minimum absolute atomic E-state index is 0. The quantitative estimate of drug-likeness (QED) is 0.0658. The Bertz CT molecular complexity index is 1760. The molecular weight excluding hydrogens is 787 g/mol. The van der Waals surface area contributed by atoms with Gasteiger partial charge in [-0.15, -0.1) is 17.5 Å². The van der Waals surface area contributed by atoms with Crippen LogP contribution in [0.4, 0.5) is 0 Å². The fraction of sp³-hybridized carbons (Fsp3) is 0.476. The Kier molecular flexibility index (Phi) is 13.1. The van der Waals surface area contributed by atoms with Crippen LogP contribution in [0.2, 0.25) is 19.6 Å². The maximum Gasteiger partial charge on any atom is 0.165 e. The molecule has 1 aliphatic heterocycles. The molecule has 6 heteroatoms. The first-order valence-electron chi connectivity index (χ1n) is 17.7. The Hall–Kier alpha value is -2.79. The summed E-state index contributed by atoms with van der Waals surface area (Å²) < 4.78 is 6.72. The number of allylic oxidation sites excluding steroid dienone is 2. The van der Waals surface area contributed by atoms with Crippen LogP contribution in [0.5, 0.6) is 11.5 Å². The number of pyridine rings is 1. The number of carbonyl (C=O) groups excluding carboxylic acids is 1. The van der Waals surface area contributed by atoms with E-state index in [0.29, 0.717) is 0 Å². The predicted molar refractivity (Wildman–Crippen MR) is 203 cm³/mol. The molecule has 5 rings (SSSR count). The van der Waals surface area contributed by atoms with E-state index in [1.807, 2.05) is 40.8 Å². The molecule has 0 saturated heterocycles. The summed E-state index contributed by atoms with van der Waals surface area (Å²) in [4.78, 5) is 17.1. The van der Waals surface area contributed by atoms with Gasteiger partial charge in [0.15, 0.2) is 5.78 Å². The zero-order valence-corrected chi connectivity index (χ0v) is 34.5. The fourth-order valence-corrected chi connectivity index (χ4v) is 7.93. The van der Waals surface area contributed by atoms with Crippen LogP contribution < -0.4 is 9.92 Å². The molecule has 4 nitrogen and oxygen atoms in total. The van der Waals surface area contributed by atoms with Crippen molar-refractivity contribution in [3.05, 3.63) is 72.1 Å². The molecule has 0 saturated carbocycles. The fourth-order valence-electron chi connectivity index (χ4n) is 6.78. The maximum atomic E-state index is 12.3. The SMILES string of the molecule is CC(C)(C)Cc1c2c([c-]c3ccccc13)-c1nccc3cc([Si](C)(C)C)cc(c13)O2.CCC(CC)/C(O)=C/C(=O)C(CC)(CC)CC.[Ir]. The van der Waals surface area contributed by atoms with Gasteiger partial charge in [-0.1, -0.05) is 121 Å². The number of benzene rings is 3. The molecule has 0 fully saturated rings. The molecule has 1 aliphatic rings. The Morgan fingerprint density at radius 3 is 2.17 bits per heavy atom. The summed E-state index contributed by atoms with van der Waals surface area (Å²) in [7, 11) is -1.49. The summed E-state index contributed by atoms with van der Waals surface area (Å²) in [6.07, 6.45) is 8.62. The monoisotopic (exact) mass is 843 g/mol. The number of aliphatic hydroxyl groups excluding tert-OH is 1. The molecule has 261 valence electrons. The molecule has 0 atom stereocenters. The molecule has 0 aliphatic carbocycles. The van der Waals surface area contributed by atoms with E-state index in [9.17, 15) is 9.90 Å². The first-order chi connectivity index (χ1) is 22.1. The van der Waals surface area contributed by atoms with Gasteiger partial charge in [0.05, 0.1) is 19.6 Å². The van der Waals surface area contributed by atoms with Gasteiger partial charge < -0.3 is 9.84 Å². The van der Waals surface area contributed by atoms with Crippen LogP contribution in [-0.2, 0) is 31.3 Å². The number of aliphatic hydroxyl groups is 1. The van der Waals surface area contributed by atoms with Crippen LogP contribution in [0.15, 0.2) is 60.5 Å². The largest absolute Gasteiger partial charge is 0.512 e. The van der Waals surface area contributed by atoms with Crippen molar-refractivity contribution in [1.29, 1.82) is 0 Å². The first-order valence-corrected chi connectivity index (χ1v) is 21.2. The smallest absolute Gasteiger partial charge is 0.165 e. The van der Waals surface area contributed by atoms with Crippen LogP contribution in [0.25, 0.3) is 32.8 Å². The molecule has 0 spiro atoms. The number of hydrogen-bond donors (Lipinski definition) is 1. The van der Waals surface area contributed by atoms with E-state index in [1.165, 1.54) is 27.6 Å². The summed E-state index contributed by atoms with van der Waals surface area (Å²) in [5, 5.41) is 16.0. The van der Waals surface area contributed by atoms with Crippen LogP contribution >= 0.6 is 0 Å². The van der Waals surface area contributed by atoms with Gasteiger partial charge in [-0.05, 0) is 61.5 Å². The zero-order chi connectivity index (χ0) is 34.7. The molecule has 48 heavy (non-hydrogen) atoms. The van der Waals surface area contributed by atoms with Crippen molar-refractivity contribution in [3.8, 4) is 22.8 Å². The van der Waals surface area contributed by atoms with Crippen molar-refractivity contribution in [1.82, 2.24) is 4.98 Å². The molecule has 1 aromatic heterocycles. The van der Waals surface area contributed by atoms with Crippen LogP contribution in [0, 0.1) is 22.8 Å². The van der Waals surface area contributed by atoms with E-state index < -0.39 is 8.07 Å². The zero-order valence-electron chi connectivity index (χ0n) is 31.1. The maximum absolute atomic E-state index is 12.3. The molecule has 4 aromatic rings. The first kappa shape index (κ1) is 39.6. The van der Waals surface area contributed by atoms with Crippen molar-refractivity contribution in [2.24, 2.45) is 16.7 Å². The van der Waals surface area contributed by atoms with Crippen LogP contribution in [-0.4, -0.2) is 23.9 Å². The summed E-state index contributed by atoms with van der Waals surface area (Å²) in [6.45, 7) is 24.2. The second kappa shape index (κ2) is 15.8. The standard InChI is InChI=1S/C27H28NOSi.C15H28O2.Ir/c1-27(2,3)16-22-20-10-8-7-9-17(20)14-21-25-24-18(11-12-28-25)13-19(30(4,5)6)15-23(24)29-26(21)22;1-6-12(7-2)13(16)11-14(17)15(8-3,9-4)10-5;/h7-13,15H,16H2,1-6H3;11-12,16H,6-10H2,1-5H3;/q-1;;/b;13-11-;. The van der Waals surface area contributed by atoms with Gasteiger partial charge in [0, 0.05) is 54.8 Å². The van der Waals surface area contributed by atoms with Gasteiger partial charge in [0.1, 0.15) is 5.75 Å². The molecule has 2 heterocycles. The number of rotatable bonds is 10. The average Bonchev–Trinajstić information content (AvgIpc) is 3.02. The molecule has 3 aromatic carbocycles. The van der Waals surface area contributed by atoms with Gasteiger partial charge in [0.25, 0.3) is 0 Å². The minimum Gasteiger partial charge on any atom is -0.512 e. The molecule has 1 N–H and O–H groups in total. The molecule has 0 amide bonds. The number of aromatic nitrogens is 1. The summed E-state index contributed by atoms with van der Waals surface area (Å²) >= 11 is 0. The minimum atomic E-state index is -1.49. The average molecular weight is 843 g/mol. The molecule has 0 unspecified atom stereocenters. The Labute approximate surface area is 304 Å². The number of carbonyl (C=O) groups is 1. The third-order valence-electron chi connectivity index (χ3n) is 10.1. The van der Waals surface area contributed by atoms with Gasteiger partial charge >= 0.3 is 0 Å². The topological polar surface area (TPSA) is 59.4 Å². The predicted octanol–water partition coefficient (Wildman–Crippen LogP) is 11.7. The van der Waals surface area contributed by atoms with Crippen molar-refractivity contribution in [2.75, 3.05) is 0 Å². The molecule has 1 radical (unpaired) electrons. The van der Waals surface area contributed by atoms with E-state index >= 15 is 0 Å². The molecule has 0 bridgehead atoms. The third-order valence-corrected chi connectivity index (χ3v) is 12.1. The van der Waals surface area contributed by atoms with Gasteiger partial charge in [0.2, 0.25) is 0 Å². The summed E-state index contributed by atoms with van der Waals surface area (Å²) in [5.41, 5.74) is 3.11.